The Balaban J connectivity index is 2.33. The van der Waals surface area contributed by atoms with E-state index in [9.17, 15) is 5.11 Å². The molecule has 1 fully saturated rings. The summed E-state index contributed by atoms with van der Waals surface area (Å²) in [5, 5.41) is 13.1. The first-order chi connectivity index (χ1) is 8.53. The number of aliphatic hydroxyl groups excluding tert-OH is 1. The SMILES string of the molecule is CC1(C)CNCC(CO)N(c2ccccc2Br)C1. The molecule has 1 heterocycles. The predicted molar refractivity (Wildman–Crippen MR) is 79.0 cm³/mol. The van der Waals surface area contributed by atoms with Crippen molar-refractivity contribution in [1.82, 2.24) is 5.32 Å². The molecule has 1 aliphatic heterocycles. The molecule has 0 spiro atoms. The lowest BCUT2D eigenvalue weighted by molar-refractivity contribution is 0.258. The highest BCUT2D eigenvalue weighted by Gasteiger charge is 2.30. The highest BCUT2D eigenvalue weighted by atomic mass is 79.9. The van der Waals surface area contributed by atoms with Crippen LogP contribution in [0.4, 0.5) is 5.69 Å². The quantitative estimate of drug-likeness (QED) is 0.879. The molecule has 3 nitrogen and oxygen atoms in total. The lowest BCUT2D eigenvalue weighted by Crippen LogP contribution is -2.44. The lowest BCUT2D eigenvalue weighted by atomic mass is 9.93. The van der Waals surface area contributed by atoms with Crippen LogP contribution in [0.15, 0.2) is 28.7 Å². The average molecular weight is 313 g/mol. The molecule has 2 N–H and O–H groups in total. The first-order valence-corrected chi connectivity index (χ1v) is 7.15. The maximum atomic E-state index is 9.61. The van der Waals surface area contributed by atoms with Gasteiger partial charge in [-0.2, -0.15) is 0 Å². The van der Waals surface area contributed by atoms with Crippen molar-refractivity contribution in [3.05, 3.63) is 28.7 Å². The Morgan fingerprint density at radius 1 is 1.44 bits per heavy atom. The van der Waals surface area contributed by atoms with Crippen molar-refractivity contribution < 1.29 is 5.11 Å². The third kappa shape index (κ3) is 3.05. The molecular formula is C14H21BrN2O. The maximum Gasteiger partial charge on any atom is 0.0647 e. The Labute approximate surface area is 117 Å². The number of benzene rings is 1. The zero-order valence-electron chi connectivity index (χ0n) is 11.0. The van der Waals surface area contributed by atoms with Gasteiger partial charge in [0.2, 0.25) is 0 Å². The first-order valence-electron chi connectivity index (χ1n) is 6.36. The minimum absolute atomic E-state index is 0.130. The zero-order chi connectivity index (χ0) is 13.2. The largest absolute Gasteiger partial charge is 0.394 e. The van der Waals surface area contributed by atoms with Crippen molar-refractivity contribution in [2.45, 2.75) is 19.9 Å². The van der Waals surface area contributed by atoms with E-state index in [0.29, 0.717) is 0 Å². The van der Waals surface area contributed by atoms with Crippen LogP contribution < -0.4 is 10.2 Å². The predicted octanol–water partition coefficient (Wildman–Crippen LogP) is 2.25. The molecule has 1 aliphatic rings. The summed E-state index contributed by atoms with van der Waals surface area (Å²) in [5.41, 5.74) is 1.35. The van der Waals surface area contributed by atoms with Gasteiger partial charge in [-0.25, -0.2) is 0 Å². The van der Waals surface area contributed by atoms with Gasteiger partial charge in [-0.05, 0) is 33.5 Å². The van der Waals surface area contributed by atoms with E-state index in [0.717, 1.165) is 29.8 Å². The molecule has 1 unspecified atom stereocenters. The van der Waals surface area contributed by atoms with Gasteiger partial charge in [0.15, 0.2) is 0 Å². The Kier molecular flexibility index (Phi) is 4.30. The van der Waals surface area contributed by atoms with Crippen LogP contribution in [0.25, 0.3) is 0 Å². The Morgan fingerprint density at radius 3 is 2.83 bits per heavy atom. The van der Waals surface area contributed by atoms with Crippen LogP contribution in [0.2, 0.25) is 0 Å². The van der Waals surface area contributed by atoms with Gasteiger partial charge < -0.3 is 15.3 Å². The molecule has 1 atom stereocenters. The minimum atomic E-state index is 0.130. The third-order valence-corrected chi connectivity index (χ3v) is 4.07. The summed E-state index contributed by atoms with van der Waals surface area (Å²) >= 11 is 3.61. The van der Waals surface area contributed by atoms with Crippen molar-refractivity contribution in [3.63, 3.8) is 0 Å². The molecule has 0 aliphatic carbocycles. The number of hydrogen-bond donors (Lipinski definition) is 2. The molecule has 1 aromatic carbocycles. The third-order valence-electron chi connectivity index (χ3n) is 3.40. The topological polar surface area (TPSA) is 35.5 Å². The molecule has 100 valence electrons. The minimum Gasteiger partial charge on any atom is -0.394 e. The van der Waals surface area contributed by atoms with Gasteiger partial charge in [-0.1, -0.05) is 26.0 Å². The van der Waals surface area contributed by atoms with Crippen LogP contribution in [-0.4, -0.2) is 37.4 Å². The molecule has 1 aromatic rings. The summed E-state index contributed by atoms with van der Waals surface area (Å²) < 4.78 is 1.08. The van der Waals surface area contributed by atoms with E-state index in [2.05, 4.69) is 52.1 Å². The highest BCUT2D eigenvalue weighted by Crippen LogP contribution is 2.31. The molecule has 1 saturated heterocycles. The Bertz CT molecular complexity index is 409. The van der Waals surface area contributed by atoms with E-state index in [1.54, 1.807) is 0 Å². The fourth-order valence-corrected chi connectivity index (χ4v) is 2.98. The van der Waals surface area contributed by atoms with E-state index >= 15 is 0 Å². The Morgan fingerprint density at radius 2 is 2.17 bits per heavy atom. The normalized spacial score (nSPS) is 23.8. The monoisotopic (exact) mass is 312 g/mol. The van der Waals surface area contributed by atoms with Gasteiger partial charge in [0.05, 0.1) is 18.3 Å². The number of aliphatic hydroxyl groups is 1. The smallest absolute Gasteiger partial charge is 0.0647 e. The van der Waals surface area contributed by atoms with E-state index in [1.165, 1.54) is 0 Å². The van der Waals surface area contributed by atoms with Crippen molar-refractivity contribution in [1.29, 1.82) is 0 Å². The van der Waals surface area contributed by atoms with E-state index in [1.807, 2.05) is 12.1 Å². The van der Waals surface area contributed by atoms with Gasteiger partial charge in [0, 0.05) is 24.1 Å². The zero-order valence-corrected chi connectivity index (χ0v) is 12.6. The average Bonchev–Trinajstić information content (AvgIpc) is 2.47. The van der Waals surface area contributed by atoms with Crippen molar-refractivity contribution in [2.75, 3.05) is 31.1 Å². The van der Waals surface area contributed by atoms with Crippen LogP contribution in [0, 0.1) is 5.41 Å². The Hall–Kier alpha value is -0.580. The first kappa shape index (κ1) is 13.8. The summed E-state index contributed by atoms with van der Waals surface area (Å²) in [5.74, 6) is 0. The van der Waals surface area contributed by atoms with Gasteiger partial charge in [0.25, 0.3) is 0 Å². The van der Waals surface area contributed by atoms with Gasteiger partial charge in [0.1, 0.15) is 0 Å². The molecule has 2 rings (SSSR count). The fourth-order valence-electron chi connectivity index (χ4n) is 2.46. The fraction of sp³-hybridized carbons (Fsp3) is 0.571. The molecule has 0 bridgehead atoms. The van der Waals surface area contributed by atoms with Crippen molar-refractivity contribution >= 4 is 21.6 Å². The van der Waals surface area contributed by atoms with Crippen LogP contribution >= 0.6 is 15.9 Å². The molecule has 18 heavy (non-hydrogen) atoms. The standard InChI is InChI=1S/C14H21BrN2O/c1-14(2)9-16-7-11(8-18)17(10-14)13-6-4-3-5-12(13)15/h3-6,11,16,18H,7-10H2,1-2H3. The van der Waals surface area contributed by atoms with E-state index in [-0.39, 0.29) is 18.1 Å². The van der Waals surface area contributed by atoms with E-state index < -0.39 is 0 Å². The number of hydrogen-bond acceptors (Lipinski definition) is 3. The maximum absolute atomic E-state index is 9.61. The number of para-hydroxylation sites is 1. The molecule has 0 amide bonds. The van der Waals surface area contributed by atoms with Crippen LogP contribution in [0.3, 0.4) is 0 Å². The summed E-state index contributed by atoms with van der Waals surface area (Å²) in [6.45, 7) is 7.41. The van der Waals surface area contributed by atoms with Gasteiger partial charge in [-0.15, -0.1) is 0 Å². The van der Waals surface area contributed by atoms with Crippen LogP contribution in [-0.2, 0) is 0 Å². The number of rotatable bonds is 2. The summed E-state index contributed by atoms with van der Waals surface area (Å²) in [4.78, 5) is 2.31. The van der Waals surface area contributed by atoms with Crippen molar-refractivity contribution in [3.8, 4) is 0 Å². The van der Waals surface area contributed by atoms with Gasteiger partial charge >= 0.3 is 0 Å². The molecule has 0 radical (unpaired) electrons. The number of nitrogens with zero attached hydrogens (tertiary/aromatic N) is 1. The molecular weight excluding hydrogens is 292 g/mol. The summed E-state index contributed by atoms with van der Waals surface area (Å²) in [6, 6.07) is 8.34. The van der Waals surface area contributed by atoms with Gasteiger partial charge in [-0.3, -0.25) is 0 Å². The second-order valence-corrected chi connectivity index (χ2v) is 6.57. The molecule has 0 saturated carbocycles. The van der Waals surface area contributed by atoms with E-state index in [4.69, 9.17) is 0 Å². The number of nitrogens with one attached hydrogen (secondary N) is 1. The summed E-state index contributed by atoms with van der Waals surface area (Å²) in [7, 11) is 0. The molecule has 0 aromatic heterocycles. The van der Waals surface area contributed by atoms with Crippen LogP contribution in [0.5, 0.6) is 0 Å². The second kappa shape index (κ2) is 5.59. The second-order valence-electron chi connectivity index (χ2n) is 5.71. The van der Waals surface area contributed by atoms with Crippen LogP contribution in [0.1, 0.15) is 13.8 Å². The molecule has 4 heteroatoms. The highest BCUT2D eigenvalue weighted by molar-refractivity contribution is 9.10. The number of halogens is 1. The van der Waals surface area contributed by atoms with Crippen molar-refractivity contribution in [2.24, 2.45) is 5.41 Å². The lowest BCUT2D eigenvalue weighted by Gasteiger charge is -2.35. The summed E-state index contributed by atoms with van der Waals surface area (Å²) in [6.07, 6.45) is 0. The number of anilines is 1.